The van der Waals surface area contributed by atoms with Gasteiger partial charge in [-0.1, -0.05) is 17.7 Å². The Morgan fingerprint density at radius 2 is 1.97 bits per heavy atom. The molecule has 160 valence electrons. The fraction of sp³-hybridized carbons (Fsp3) is 0.316. The Morgan fingerprint density at radius 1 is 1.27 bits per heavy atom. The number of halogens is 2. The van der Waals surface area contributed by atoms with Gasteiger partial charge in [0.1, 0.15) is 11.6 Å². The summed E-state index contributed by atoms with van der Waals surface area (Å²) in [5.41, 5.74) is -0.0344. The lowest BCUT2D eigenvalue weighted by Crippen LogP contribution is -2.43. The number of nitro benzene ring substituents is 1. The Labute approximate surface area is 177 Å². The van der Waals surface area contributed by atoms with Crippen LogP contribution >= 0.6 is 11.6 Å². The second-order valence-corrected chi connectivity index (χ2v) is 9.45. The molecule has 1 aliphatic heterocycles. The van der Waals surface area contributed by atoms with Crippen molar-refractivity contribution < 1.29 is 27.3 Å². The Morgan fingerprint density at radius 3 is 2.53 bits per heavy atom. The molecule has 0 N–H and O–H groups in total. The van der Waals surface area contributed by atoms with Crippen LogP contribution in [0.5, 0.6) is 5.75 Å². The van der Waals surface area contributed by atoms with Crippen molar-refractivity contribution in [3.05, 3.63) is 69.0 Å². The first-order valence-electron chi connectivity index (χ1n) is 8.96. The number of sulfone groups is 1. The highest BCUT2D eigenvalue weighted by atomic mass is 35.5. The van der Waals surface area contributed by atoms with Crippen molar-refractivity contribution in [1.29, 1.82) is 0 Å². The summed E-state index contributed by atoms with van der Waals surface area (Å²) >= 11 is 6.07. The maximum Gasteiger partial charge on any atom is 0.269 e. The third kappa shape index (κ3) is 5.25. The Balaban J connectivity index is 1.77. The van der Waals surface area contributed by atoms with Crippen molar-refractivity contribution >= 4 is 33.0 Å². The molecule has 0 bridgehead atoms. The monoisotopic (exact) mass is 456 g/mol. The molecule has 1 unspecified atom stereocenters. The number of amides is 1. The number of ether oxygens (including phenoxy) is 1. The minimum atomic E-state index is -3.29. The highest BCUT2D eigenvalue weighted by Gasteiger charge is 2.35. The molecule has 1 amide bonds. The first kappa shape index (κ1) is 22.0. The van der Waals surface area contributed by atoms with Crippen molar-refractivity contribution in [3.63, 3.8) is 0 Å². The van der Waals surface area contributed by atoms with E-state index in [0.717, 1.165) is 0 Å². The highest BCUT2D eigenvalue weighted by Crippen LogP contribution is 2.26. The Hall–Kier alpha value is -2.72. The molecule has 3 rings (SSSR count). The second kappa shape index (κ2) is 8.97. The summed E-state index contributed by atoms with van der Waals surface area (Å²) in [6.07, 6.45) is 0.234. The van der Waals surface area contributed by atoms with Crippen LogP contribution in [0.1, 0.15) is 12.0 Å². The molecule has 30 heavy (non-hydrogen) atoms. The van der Waals surface area contributed by atoms with Gasteiger partial charge in [-0.3, -0.25) is 14.9 Å². The molecule has 11 heteroatoms. The smallest absolute Gasteiger partial charge is 0.269 e. The van der Waals surface area contributed by atoms with Gasteiger partial charge in [0, 0.05) is 28.8 Å². The number of non-ortho nitro benzene ring substituents is 1. The normalized spacial score (nSPS) is 17.5. The van der Waals surface area contributed by atoms with Crippen LogP contribution in [0.2, 0.25) is 5.02 Å². The van der Waals surface area contributed by atoms with Crippen LogP contribution in [0.3, 0.4) is 0 Å². The third-order valence-electron chi connectivity index (χ3n) is 4.77. The van der Waals surface area contributed by atoms with Crippen LogP contribution in [-0.4, -0.2) is 48.3 Å². The average Bonchev–Trinajstić information content (AvgIpc) is 3.05. The number of benzene rings is 2. The number of rotatable bonds is 7. The summed E-state index contributed by atoms with van der Waals surface area (Å²) in [4.78, 5) is 24.3. The van der Waals surface area contributed by atoms with E-state index in [4.69, 9.17) is 16.3 Å². The largest absolute Gasteiger partial charge is 0.484 e. The lowest BCUT2D eigenvalue weighted by atomic mass is 10.1. The molecule has 0 aliphatic carbocycles. The van der Waals surface area contributed by atoms with Crippen molar-refractivity contribution in [2.75, 3.05) is 18.1 Å². The van der Waals surface area contributed by atoms with Crippen molar-refractivity contribution in [1.82, 2.24) is 4.90 Å². The van der Waals surface area contributed by atoms with Gasteiger partial charge >= 0.3 is 0 Å². The molecule has 0 spiro atoms. The SMILES string of the molecule is O=C(COc1ccc([N+](=O)[O-])cc1)N(Cc1c(F)cccc1Cl)C1CCS(=O)(=O)C1. The lowest BCUT2D eigenvalue weighted by molar-refractivity contribution is -0.384. The maximum absolute atomic E-state index is 14.2. The maximum atomic E-state index is 14.2. The molecule has 1 saturated heterocycles. The van der Waals surface area contributed by atoms with Gasteiger partial charge in [0.25, 0.3) is 11.6 Å². The van der Waals surface area contributed by atoms with Gasteiger partial charge in [0.2, 0.25) is 0 Å². The Bertz CT molecular complexity index is 1040. The minimum absolute atomic E-state index is 0.0599. The number of hydrogen-bond acceptors (Lipinski definition) is 6. The summed E-state index contributed by atoms with van der Waals surface area (Å²) in [5, 5.41) is 10.8. The summed E-state index contributed by atoms with van der Waals surface area (Å²) in [6.45, 7) is -0.644. The van der Waals surface area contributed by atoms with Gasteiger partial charge in [-0.25, -0.2) is 12.8 Å². The van der Waals surface area contributed by atoms with Crippen LogP contribution in [0.25, 0.3) is 0 Å². The van der Waals surface area contributed by atoms with E-state index in [-0.39, 0.29) is 46.5 Å². The average molecular weight is 457 g/mol. The van der Waals surface area contributed by atoms with Gasteiger partial charge < -0.3 is 9.64 Å². The van der Waals surface area contributed by atoms with Crippen molar-refractivity contribution in [2.24, 2.45) is 0 Å². The van der Waals surface area contributed by atoms with E-state index in [0.29, 0.717) is 0 Å². The molecule has 1 aliphatic rings. The van der Waals surface area contributed by atoms with Crippen LogP contribution in [0.4, 0.5) is 10.1 Å². The van der Waals surface area contributed by atoms with Gasteiger partial charge in [-0.05, 0) is 30.7 Å². The van der Waals surface area contributed by atoms with Crippen LogP contribution < -0.4 is 4.74 Å². The molecule has 8 nitrogen and oxygen atoms in total. The lowest BCUT2D eigenvalue weighted by Gasteiger charge is -2.29. The van der Waals surface area contributed by atoms with E-state index in [1.165, 1.54) is 47.4 Å². The summed E-state index contributed by atoms with van der Waals surface area (Å²) in [5.74, 6) is -1.19. The summed E-state index contributed by atoms with van der Waals surface area (Å²) in [6, 6.07) is 8.68. The zero-order valence-corrected chi connectivity index (χ0v) is 17.2. The molecule has 0 radical (unpaired) electrons. The zero-order valence-electron chi connectivity index (χ0n) is 15.7. The van der Waals surface area contributed by atoms with Crippen LogP contribution in [-0.2, 0) is 21.2 Å². The second-order valence-electron chi connectivity index (χ2n) is 6.82. The van der Waals surface area contributed by atoms with E-state index in [9.17, 15) is 27.7 Å². The number of hydrogen-bond donors (Lipinski definition) is 0. The standard InChI is InChI=1S/C19H18ClFN2O6S/c20-17-2-1-3-18(21)16(17)10-22(14-8-9-30(27,28)12-14)19(24)11-29-15-6-4-13(5-7-15)23(25)26/h1-7,14H,8-12H2. The van der Waals surface area contributed by atoms with Gasteiger partial charge in [0.15, 0.2) is 16.4 Å². The highest BCUT2D eigenvalue weighted by molar-refractivity contribution is 7.91. The predicted molar refractivity (Wildman–Crippen MR) is 108 cm³/mol. The summed E-state index contributed by atoms with van der Waals surface area (Å²) < 4.78 is 43.4. The van der Waals surface area contributed by atoms with Crippen LogP contribution in [0.15, 0.2) is 42.5 Å². The fourth-order valence-corrected chi connectivity index (χ4v) is 5.14. The zero-order chi connectivity index (χ0) is 21.9. The van der Waals surface area contributed by atoms with E-state index in [1.54, 1.807) is 0 Å². The first-order valence-corrected chi connectivity index (χ1v) is 11.2. The van der Waals surface area contributed by atoms with E-state index in [2.05, 4.69) is 0 Å². The minimum Gasteiger partial charge on any atom is -0.484 e. The summed E-state index contributed by atoms with van der Waals surface area (Å²) in [7, 11) is -3.29. The van der Waals surface area contributed by atoms with Gasteiger partial charge in [-0.15, -0.1) is 0 Å². The number of carbonyl (C=O) groups is 1. The topological polar surface area (TPSA) is 107 Å². The quantitative estimate of drug-likeness (QED) is 0.468. The third-order valence-corrected chi connectivity index (χ3v) is 6.87. The number of nitro groups is 1. The molecule has 1 fully saturated rings. The van der Waals surface area contributed by atoms with Crippen LogP contribution in [0, 0.1) is 15.9 Å². The van der Waals surface area contributed by atoms with Gasteiger partial charge in [0.05, 0.1) is 23.0 Å². The molecule has 2 aromatic rings. The molecule has 0 saturated carbocycles. The fourth-order valence-electron chi connectivity index (χ4n) is 3.19. The van der Waals surface area contributed by atoms with Crippen molar-refractivity contribution in [2.45, 2.75) is 19.0 Å². The molecule has 1 heterocycles. The first-order chi connectivity index (χ1) is 14.2. The van der Waals surface area contributed by atoms with E-state index in [1.807, 2.05) is 0 Å². The Kier molecular flexibility index (Phi) is 6.57. The molecule has 1 atom stereocenters. The van der Waals surface area contributed by atoms with Gasteiger partial charge in [-0.2, -0.15) is 0 Å². The molecule has 0 aromatic heterocycles. The number of carbonyl (C=O) groups excluding carboxylic acids is 1. The number of nitrogens with zero attached hydrogens (tertiary/aromatic N) is 2. The molecule has 2 aromatic carbocycles. The molecular weight excluding hydrogens is 439 g/mol. The molecular formula is C19H18ClFN2O6S. The van der Waals surface area contributed by atoms with E-state index < -0.39 is 39.1 Å². The van der Waals surface area contributed by atoms with E-state index >= 15 is 0 Å². The predicted octanol–water partition coefficient (Wildman–Crippen LogP) is 2.98. The van der Waals surface area contributed by atoms with Crippen molar-refractivity contribution in [3.8, 4) is 5.75 Å².